The summed E-state index contributed by atoms with van der Waals surface area (Å²) in [6.45, 7) is 5.92. The first-order chi connectivity index (χ1) is 13.9. The third-order valence-electron chi connectivity index (χ3n) is 5.77. The number of alkyl carbamates (subject to hydrolysis) is 1. The van der Waals surface area contributed by atoms with Gasteiger partial charge in [0, 0.05) is 23.9 Å². The van der Waals surface area contributed by atoms with Crippen LogP contribution in [-0.2, 0) is 24.8 Å². The van der Waals surface area contributed by atoms with Crippen molar-refractivity contribution >= 4 is 27.5 Å². The number of piperidine rings is 1. The number of benzene rings is 1. The molecule has 1 aliphatic carbocycles. The number of nitrogens with zero attached hydrogens (tertiary/aromatic N) is 1. The zero-order valence-electron chi connectivity index (χ0n) is 18.2. The zero-order valence-corrected chi connectivity index (χ0v) is 19.0. The molecule has 166 valence electrons. The fourth-order valence-corrected chi connectivity index (χ4v) is 5.79. The molecule has 1 aromatic rings. The predicted octanol–water partition coefficient (Wildman–Crippen LogP) is 3.17. The first-order valence-corrected chi connectivity index (χ1v) is 12.5. The largest absolute Gasteiger partial charge is 0.444 e. The predicted molar refractivity (Wildman–Crippen MR) is 116 cm³/mol. The highest BCUT2D eigenvalue weighted by Crippen LogP contribution is 2.45. The van der Waals surface area contributed by atoms with Crippen molar-refractivity contribution in [3.63, 3.8) is 0 Å². The van der Waals surface area contributed by atoms with Crippen molar-refractivity contribution in [1.29, 1.82) is 0 Å². The van der Waals surface area contributed by atoms with Crippen molar-refractivity contribution in [2.24, 2.45) is 0 Å². The van der Waals surface area contributed by atoms with Crippen LogP contribution in [-0.4, -0.2) is 50.6 Å². The third-order valence-corrected chi connectivity index (χ3v) is 6.85. The second-order valence-corrected chi connectivity index (χ2v) is 11.7. The fraction of sp³-hybridized carbons (Fsp3) is 0.636. The Kier molecular flexibility index (Phi) is 6.18. The number of anilines is 1. The maximum absolute atomic E-state index is 12.9. The van der Waals surface area contributed by atoms with Crippen LogP contribution in [0.25, 0.3) is 0 Å². The van der Waals surface area contributed by atoms with Crippen LogP contribution in [0.5, 0.6) is 0 Å². The van der Waals surface area contributed by atoms with E-state index < -0.39 is 27.6 Å². The van der Waals surface area contributed by atoms with E-state index in [1.54, 1.807) is 25.7 Å². The van der Waals surface area contributed by atoms with Crippen molar-refractivity contribution in [2.75, 3.05) is 23.5 Å². The number of hydrogen-bond donors (Lipinski definition) is 1. The average Bonchev–Trinajstić information content (AvgIpc) is 2.58. The van der Waals surface area contributed by atoms with Gasteiger partial charge in [-0.25, -0.2) is 13.2 Å². The van der Waals surface area contributed by atoms with Crippen molar-refractivity contribution in [3.8, 4) is 0 Å². The van der Waals surface area contributed by atoms with Gasteiger partial charge in [0.05, 0.1) is 5.75 Å². The van der Waals surface area contributed by atoms with Crippen LogP contribution in [0.2, 0.25) is 0 Å². The van der Waals surface area contributed by atoms with E-state index in [0.717, 1.165) is 36.9 Å². The van der Waals surface area contributed by atoms with Gasteiger partial charge in [-0.3, -0.25) is 4.79 Å². The van der Waals surface area contributed by atoms with Gasteiger partial charge in [-0.2, -0.15) is 0 Å². The summed E-state index contributed by atoms with van der Waals surface area (Å²) in [5.41, 5.74) is 0.837. The molecule has 7 nitrogen and oxygen atoms in total. The van der Waals surface area contributed by atoms with Gasteiger partial charge in [0.2, 0.25) is 5.91 Å². The molecule has 1 saturated heterocycles. The molecule has 1 atom stereocenters. The van der Waals surface area contributed by atoms with Crippen molar-refractivity contribution in [3.05, 3.63) is 29.8 Å². The second kappa shape index (κ2) is 8.21. The minimum atomic E-state index is -3.08. The molecular formula is C22H32N2O5S. The Morgan fingerprint density at radius 1 is 1.20 bits per heavy atom. The summed E-state index contributed by atoms with van der Waals surface area (Å²) in [5.74, 6) is -0.00139. The zero-order chi connectivity index (χ0) is 22.2. The Bertz CT molecular complexity index is 898. The first kappa shape index (κ1) is 22.6. The van der Waals surface area contributed by atoms with Gasteiger partial charge >= 0.3 is 6.09 Å². The Morgan fingerprint density at radius 3 is 2.33 bits per heavy atom. The summed E-state index contributed by atoms with van der Waals surface area (Å²) in [4.78, 5) is 26.7. The van der Waals surface area contributed by atoms with Gasteiger partial charge in [0.1, 0.15) is 21.5 Å². The normalized spacial score (nSPS) is 21.7. The molecule has 3 rings (SSSR count). The SMILES string of the molecule is CC(C)(C)OC(=O)NC1CCCN(c2ccc(C3(CS(C)(=O)=O)CCC3)cc2)C1=O. The highest BCUT2D eigenvalue weighted by atomic mass is 32.2. The van der Waals surface area contributed by atoms with E-state index in [0.29, 0.717) is 13.0 Å². The van der Waals surface area contributed by atoms with Crippen molar-refractivity contribution in [1.82, 2.24) is 5.32 Å². The van der Waals surface area contributed by atoms with Crippen LogP contribution in [0.15, 0.2) is 24.3 Å². The van der Waals surface area contributed by atoms with Gasteiger partial charge in [0.25, 0.3) is 0 Å². The summed E-state index contributed by atoms with van der Waals surface area (Å²) < 4.78 is 29.0. The molecule has 0 bridgehead atoms. The molecule has 0 aromatic heterocycles. The highest BCUT2D eigenvalue weighted by molar-refractivity contribution is 7.90. The minimum Gasteiger partial charge on any atom is -0.444 e. The maximum Gasteiger partial charge on any atom is 0.408 e. The summed E-state index contributed by atoms with van der Waals surface area (Å²) >= 11 is 0. The van der Waals surface area contributed by atoms with Gasteiger partial charge in [-0.1, -0.05) is 18.6 Å². The Balaban J connectivity index is 1.71. The molecule has 2 fully saturated rings. The van der Waals surface area contributed by atoms with Crippen LogP contribution in [0.4, 0.5) is 10.5 Å². The first-order valence-electron chi connectivity index (χ1n) is 10.5. The van der Waals surface area contributed by atoms with Crippen LogP contribution in [0, 0.1) is 0 Å². The number of ether oxygens (including phenoxy) is 1. The second-order valence-electron chi connectivity index (χ2n) is 9.58. The van der Waals surface area contributed by atoms with Gasteiger partial charge in [-0.05, 0) is 64.2 Å². The fourth-order valence-electron chi connectivity index (χ4n) is 4.33. The average molecular weight is 437 g/mol. The molecule has 1 aromatic carbocycles. The summed E-state index contributed by atoms with van der Waals surface area (Å²) in [5, 5.41) is 2.69. The molecular weight excluding hydrogens is 404 g/mol. The lowest BCUT2D eigenvalue weighted by atomic mass is 9.66. The minimum absolute atomic E-state index is 0.157. The van der Waals surface area contributed by atoms with E-state index in [1.807, 2.05) is 24.3 Å². The Morgan fingerprint density at radius 2 is 1.83 bits per heavy atom. The van der Waals surface area contributed by atoms with Crippen LogP contribution in [0.3, 0.4) is 0 Å². The maximum atomic E-state index is 12.9. The molecule has 0 radical (unpaired) electrons. The highest BCUT2D eigenvalue weighted by Gasteiger charge is 2.41. The number of carbonyl (C=O) groups is 2. The Hall–Kier alpha value is -2.09. The number of nitrogens with one attached hydrogen (secondary N) is 1. The third kappa shape index (κ3) is 5.33. The van der Waals surface area contributed by atoms with Crippen molar-refractivity contribution in [2.45, 2.75) is 69.9 Å². The van der Waals surface area contributed by atoms with Crippen LogP contribution < -0.4 is 10.2 Å². The van der Waals surface area contributed by atoms with E-state index in [4.69, 9.17) is 4.74 Å². The van der Waals surface area contributed by atoms with Crippen LogP contribution >= 0.6 is 0 Å². The summed E-state index contributed by atoms with van der Waals surface area (Å²) in [7, 11) is -3.08. The molecule has 0 spiro atoms. The molecule has 1 N–H and O–H groups in total. The number of sulfone groups is 1. The Labute approximate surface area is 179 Å². The van der Waals surface area contributed by atoms with E-state index in [1.165, 1.54) is 6.26 Å². The number of carbonyl (C=O) groups excluding carboxylic acids is 2. The van der Waals surface area contributed by atoms with Gasteiger partial charge in [0.15, 0.2) is 0 Å². The molecule has 1 heterocycles. The molecule has 1 unspecified atom stereocenters. The topological polar surface area (TPSA) is 92.8 Å². The van der Waals surface area contributed by atoms with Gasteiger partial charge in [-0.15, -0.1) is 0 Å². The molecule has 30 heavy (non-hydrogen) atoms. The quantitative estimate of drug-likeness (QED) is 0.765. The van der Waals surface area contributed by atoms with E-state index in [9.17, 15) is 18.0 Å². The van der Waals surface area contributed by atoms with E-state index >= 15 is 0 Å². The lowest BCUT2D eigenvalue weighted by Crippen LogP contribution is -2.53. The molecule has 1 saturated carbocycles. The number of rotatable bonds is 5. The van der Waals surface area contributed by atoms with Crippen LogP contribution in [0.1, 0.15) is 58.4 Å². The number of amides is 2. The monoisotopic (exact) mass is 436 g/mol. The lowest BCUT2D eigenvalue weighted by molar-refractivity contribution is -0.121. The van der Waals surface area contributed by atoms with E-state index in [2.05, 4.69) is 5.32 Å². The molecule has 2 aliphatic rings. The smallest absolute Gasteiger partial charge is 0.408 e. The molecule has 1 aliphatic heterocycles. The van der Waals surface area contributed by atoms with Crippen molar-refractivity contribution < 1.29 is 22.7 Å². The molecule has 2 amide bonds. The number of hydrogen-bond acceptors (Lipinski definition) is 5. The van der Waals surface area contributed by atoms with Gasteiger partial charge < -0.3 is 15.0 Å². The standard InChI is InChI=1S/C22H32N2O5S/c1-21(2,3)29-20(26)23-18-7-5-14-24(19(18)25)17-10-8-16(9-11-17)22(12-6-13-22)15-30(4,27)28/h8-11,18H,5-7,12-15H2,1-4H3,(H,23,26). The molecule has 8 heteroatoms. The summed E-state index contributed by atoms with van der Waals surface area (Å²) in [6.07, 6.45) is 4.79. The summed E-state index contributed by atoms with van der Waals surface area (Å²) in [6, 6.07) is 7.03. The lowest BCUT2D eigenvalue weighted by Gasteiger charge is -2.42. The van der Waals surface area contributed by atoms with E-state index in [-0.39, 0.29) is 17.1 Å².